The molecule has 1 aromatic carbocycles. The molecule has 3 nitrogen and oxygen atoms in total. The molecule has 1 aromatic rings. The normalized spacial score (nSPS) is 26.4. The Kier molecular flexibility index (Phi) is 3.85. The monoisotopic (exact) mass is 269 g/mol. The van der Waals surface area contributed by atoms with Gasteiger partial charge >= 0.3 is 5.97 Å². The van der Waals surface area contributed by atoms with Crippen LogP contribution in [0.25, 0.3) is 0 Å². The van der Waals surface area contributed by atoms with E-state index < -0.39 is 28.9 Å². The van der Waals surface area contributed by atoms with E-state index in [9.17, 15) is 13.6 Å². The molecule has 1 N–H and O–H groups in total. The van der Waals surface area contributed by atoms with Crippen LogP contribution in [0.15, 0.2) is 18.2 Å². The van der Waals surface area contributed by atoms with E-state index in [1.54, 1.807) is 13.8 Å². The lowest BCUT2D eigenvalue weighted by atomic mass is 9.73. The molecular formula is C14H17F2NO2. The van der Waals surface area contributed by atoms with Crippen LogP contribution in [0, 0.1) is 17.6 Å². The Bertz CT molecular complexity index is 472. The average molecular weight is 269 g/mol. The molecule has 104 valence electrons. The SMILES string of the molecule is CCOC(=O)C1CNCC1(C)c1c(F)cccc1F. The molecule has 0 spiro atoms. The molecule has 0 aliphatic carbocycles. The van der Waals surface area contributed by atoms with Crippen LogP contribution in [0.1, 0.15) is 19.4 Å². The van der Waals surface area contributed by atoms with Gasteiger partial charge in [0.05, 0.1) is 12.5 Å². The third-order valence-electron chi connectivity index (χ3n) is 3.71. The predicted molar refractivity (Wildman–Crippen MR) is 66.7 cm³/mol. The lowest BCUT2D eigenvalue weighted by Gasteiger charge is -2.30. The molecule has 5 heteroatoms. The molecule has 0 saturated carbocycles. The topological polar surface area (TPSA) is 38.3 Å². The van der Waals surface area contributed by atoms with E-state index in [1.165, 1.54) is 18.2 Å². The van der Waals surface area contributed by atoms with Gasteiger partial charge in [0.1, 0.15) is 11.6 Å². The second-order valence-corrected chi connectivity index (χ2v) is 4.95. The highest BCUT2D eigenvalue weighted by Crippen LogP contribution is 2.38. The number of nitrogens with one attached hydrogen (secondary N) is 1. The van der Waals surface area contributed by atoms with E-state index >= 15 is 0 Å². The number of carbonyl (C=O) groups is 1. The molecule has 2 atom stereocenters. The summed E-state index contributed by atoms with van der Waals surface area (Å²) in [7, 11) is 0. The van der Waals surface area contributed by atoms with E-state index in [1.807, 2.05) is 0 Å². The Labute approximate surface area is 111 Å². The van der Waals surface area contributed by atoms with Gasteiger partial charge in [-0.1, -0.05) is 13.0 Å². The molecule has 1 saturated heterocycles. The van der Waals surface area contributed by atoms with Crippen molar-refractivity contribution < 1.29 is 18.3 Å². The van der Waals surface area contributed by atoms with E-state index in [2.05, 4.69) is 5.32 Å². The van der Waals surface area contributed by atoms with Gasteiger partial charge in [0.2, 0.25) is 0 Å². The van der Waals surface area contributed by atoms with Crippen LogP contribution in [0.5, 0.6) is 0 Å². The average Bonchev–Trinajstić information content (AvgIpc) is 2.72. The number of rotatable bonds is 3. The number of benzene rings is 1. The third-order valence-corrected chi connectivity index (χ3v) is 3.71. The Hall–Kier alpha value is -1.49. The van der Waals surface area contributed by atoms with Crippen LogP contribution < -0.4 is 5.32 Å². The van der Waals surface area contributed by atoms with Gasteiger partial charge < -0.3 is 10.1 Å². The van der Waals surface area contributed by atoms with Crippen LogP contribution in [0.2, 0.25) is 0 Å². The fraction of sp³-hybridized carbons (Fsp3) is 0.500. The maximum absolute atomic E-state index is 14.0. The Morgan fingerprint density at radius 1 is 1.47 bits per heavy atom. The van der Waals surface area contributed by atoms with E-state index in [0.717, 1.165) is 0 Å². The summed E-state index contributed by atoms with van der Waals surface area (Å²) in [6.07, 6.45) is 0. The third kappa shape index (κ3) is 2.34. The van der Waals surface area contributed by atoms with Gasteiger partial charge in [-0.15, -0.1) is 0 Å². The molecular weight excluding hydrogens is 252 g/mol. The van der Waals surface area contributed by atoms with Crippen molar-refractivity contribution in [3.8, 4) is 0 Å². The van der Waals surface area contributed by atoms with Gasteiger partial charge in [-0.2, -0.15) is 0 Å². The van der Waals surface area contributed by atoms with Crippen LogP contribution in [-0.2, 0) is 14.9 Å². The first-order valence-electron chi connectivity index (χ1n) is 6.32. The molecule has 1 heterocycles. The van der Waals surface area contributed by atoms with Crippen LogP contribution in [0.4, 0.5) is 8.78 Å². The number of hydrogen-bond donors (Lipinski definition) is 1. The fourth-order valence-corrected chi connectivity index (χ4v) is 2.72. The van der Waals surface area contributed by atoms with Gasteiger partial charge in [-0.05, 0) is 19.1 Å². The number of hydrogen-bond acceptors (Lipinski definition) is 3. The number of carbonyl (C=O) groups excluding carboxylic acids is 1. The molecule has 1 aliphatic heterocycles. The summed E-state index contributed by atoms with van der Waals surface area (Å²) in [6, 6.07) is 3.74. The van der Waals surface area contributed by atoms with E-state index in [4.69, 9.17) is 4.74 Å². The van der Waals surface area contributed by atoms with E-state index in [0.29, 0.717) is 13.1 Å². The Morgan fingerprint density at radius 3 is 2.68 bits per heavy atom. The van der Waals surface area contributed by atoms with Gasteiger partial charge in [0, 0.05) is 24.1 Å². The number of halogens is 2. The summed E-state index contributed by atoms with van der Waals surface area (Å²) in [5.74, 6) is -2.25. The molecule has 0 aromatic heterocycles. The first-order chi connectivity index (χ1) is 9.00. The maximum Gasteiger partial charge on any atom is 0.311 e. The van der Waals surface area contributed by atoms with Crippen molar-refractivity contribution in [2.45, 2.75) is 19.3 Å². The molecule has 0 bridgehead atoms. The van der Waals surface area contributed by atoms with Crippen molar-refractivity contribution in [1.29, 1.82) is 0 Å². The molecule has 0 amide bonds. The summed E-state index contributed by atoms with van der Waals surface area (Å²) in [4.78, 5) is 11.9. The fourth-order valence-electron chi connectivity index (χ4n) is 2.72. The molecule has 1 aliphatic rings. The second kappa shape index (κ2) is 5.25. The lowest BCUT2D eigenvalue weighted by Crippen LogP contribution is -2.39. The molecule has 19 heavy (non-hydrogen) atoms. The highest BCUT2D eigenvalue weighted by Gasteiger charge is 2.48. The summed E-state index contributed by atoms with van der Waals surface area (Å²) < 4.78 is 32.9. The van der Waals surface area contributed by atoms with Crippen molar-refractivity contribution in [3.63, 3.8) is 0 Å². The van der Waals surface area contributed by atoms with Crippen molar-refractivity contribution in [2.75, 3.05) is 19.7 Å². The van der Waals surface area contributed by atoms with E-state index in [-0.39, 0.29) is 12.2 Å². The summed E-state index contributed by atoms with van der Waals surface area (Å²) in [6.45, 7) is 4.36. The molecule has 0 radical (unpaired) electrons. The van der Waals surface area contributed by atoms with Crippen molar-refractivity contribution >= 4 is 5.97 Å². The second-order valence-electron chi connectivity index (χ2n) is 4.95. The van der Waals surface area contributed by atoms with Gasteiger partial charge in [-0.3, -0.25) is 4.79 Å². The Balaban J connectivity index is 2.43. The quantitative estimate of drug-likeness (QED) is 0.853. The highest BCUT2D eigenvalue weighted by molar-refractivity contribution is 5.75. The van der Waals surface area contributed by atoms with Crippen molar-refractivity contribution in [3.05, 3.63) is 35.4 Å². The zero-order chi connectivity index (χ0) is 14.0. The summed E-state index contributed by atoms with van der Waals surface area (Å²) in [5, 5.41) is 3.02. The standard InChI is InChI=1S/C14H17F2NO2/c1-3-19-13(18)9-7-17-8-14(9,2)12-10(15)5-4-6-11(12)16/h4-6,9,17H,3,7-8H2,1-2H3. The minimum absolute atomic E-state index is 0.0435. The zero-order valence-electron chi connectivity index (χ0n) is 11.0. The molecule has 1 fully saturated rings. The summed E-state index contributed by atoms with van der Waals surface area (Å²) in [5.41, 5.74) is -0.972. The Morgan fingerprint density at radius 2 is 2.11 bits per heavy atom. The van der Waals surface area contributed by atoms with Crippen molar-refractivity contribution in [2.24, 2.45) is 5.92 Å². The van der Waals surface area contributed by atoms with Gasteiger partial charge in [0.15, 0.2) is 0 Å². The van der Waals surface area contributed by atoms with Crippen LogP contribution >= 0.6 is 0 Å². The van der Waals surface area contributed by atoms with Gasteiger partial charge in [0.25, 0.3) is 0 Å². The smallest absolute Gasteiger partial charge is 0.311 e. The maximum atomic E-state index is 14.0. The zero-order valence-corrected chi connectivity index (χ0v) is 11.0. The summed E-state index contributed by atoms with van der Waals surface area (Å²) >= 11 is 0. The molecule has 2 unspecified atom stereocenters. The number of esters is 1. The van der Waals surface area contributed by atoms with Crippen LogP contribution in [0.3, 0.4) is 0 Å². The minimum atomic E-state index is -0.929. The first-order valence-corrected chi connectivity index (χ1v) is 6.32. The van der Waals surface area contributed by atoms with Crippen molar-refractivity contribution in [1.82, 2.24) is 5.32 Å². The molecule has 2 rings (SSSR count). The van der Waals surface area contributed by atoms with Gasteiger partial charge in [-0.25, -0.2) is 8.78 Å². The minimum Gasteiger partial charge on any atom is -0.466 e. The van der Waals surface area contributed by atoms with Crippen LogP contribution in [-0.4, -0.2) is 25.7 Å². The predicted octanol–water partition coefficient (Wildman–Crippen LogP) is 2.00. The largest absolute Gasteiger partial charge is 0.466 e. The first kappa shape index (κ1) is 13.9. The highest BCUT2D eigenvalue weighted by atomic mass is 19.1. The lowest BCUT2D eigenvalue weighted by molar-refractivity contribution is -0.149. The number of ether oxygens (including phenoxy) is 1.